The van der Waals surface area contributed by atoms with Crippen LogP contribution in [0.1, 0.15) is 31.2 Å². The zero-order valence-corrected chi connectivity index (χ0v) is 13.8. The molecule has 0 spiro atoms. The Balaban J connectivity index is 2.18. The topological polar surface area (TPSA) is 75.4 Å². The Morgan fingerprint density at radius 1 is 1.29 bits per heavy atom. The van der Waals surface area contributed by atoms with Crippen LogP contribution in [0.3, 0.4) is 0 Å². The minimum absolute atomic E-state index is 0.0607. The summed E-state index contributed by atoms with van der Waals surface area (Å²) in [6, 6.07) is 4.88. The largest absolute Gasteiger partial charge is 0.399 e. The van der Waals surface area contributed by atoms with Gasteiger partial charge in [0.2, 0.25) is 10.0 Å². The Morgan fingerprint density at radius 3 is 2.43 bits per heavy atom. The van der Waals surface area contributed by atoms with Gasteiger partial charge in [-0.15, -0.1) is 0 Å². The van der Waals surface area contributed by atoms with E-state index >= 15 is 0 Å². The first-order valence-corrected chi connectivity index (χ1v) is 8.78. The summed E-state index contributed by atoms with van der Waals surface area (Å²) < 4.78 is 27.8. The van der Waals surface area contributed by atoms with Gasteiger partial charge >= 0.3 is 0 Å². The van der Waals surface area contributed by atoms with E-state index in [4.69, 9.17) is 5.73 Å². The molecule has 118 valence electrons. The summed E-state index contributed by atoms with van der Waals surface area (Å²) in [5, 5.41) is 0. The number of hydrogen-bond donors (Lipinski definition) is 2. The fraction of sp³-hybridized carbons (Fsp3) is 0.600. The number of nitrogen functional groups attached to an aromatic ring is 1. The molecule has 1 aromatic rings. The zero-order chi connectivity index (χ0) is 15.7. The Morgan fingerprint density at radius 2 is 1.90 bits per heavy atom. The van der Waals surface area contributed by atoms with Crippen LogP contribution in [0, 0.1) is 6.92 Å². The number of aryl methyl sites for hydroxylation is 1. The number of hydrogen-bond acceptors (Lipinski definition) is 4. The summed E-state index contributed by atoms with van der Waals surface area (Å²) in [7, 11) is 0.545. The van der Waals surface area contributed by atoms with E-state index in [0.717, 1.165) is 25.7 Å². The number of benzene rings is 1. The van der Waals surface area contributed by atoms with E-state index in [1.54, 1.807) is 25.1 Å². The molecule has 1 aromatic carbocycles. The van der Waals surface area contributed by atoms with Crippen LogP contribution in [0.2, 0.25) is 0 Å². The minimum atomic E-state index is -3.50. The van der Waals surface area contributed by atoms with Crippen molar-refractivity contribution in [2.45, 2.75) is 43.0 Å². The summed E-state index contributed by atoms with van der Waals surface area (Å²) in [4.78, 5) is 2.46. The van der Waals surface area contributed by atoms with Crippen LogP contribution < -0.4 is 10.5 Å². The molecule has 0 amide bonds. The Kier molecular flexibility index (Phi) is 4.60. The predicted octanol–water partition coefficient (Wildman–Crippen LogP) is 1.73. The maximum absolute atomic E-state index is 12.5. The Bertz CT molecular complexity index is 605. The molecule has 0 heterocycles. The second kappa shape index (κ2) is 5.94. The third-order valence-corrected chi connectivity index (χ3v) is 6.12. The van der Waals surface area contributed by atoms with Gasteiger partial charge in [0.1, 0.15) is 0 Å². The van der Waals surface area contributed by atoms with Crippen molar-refractivity contribution in [3.05, 3.63) is 23.8 Å². The van der Waals surface area contributed by atoms with E-state index in [-0.39, 0.29) is 5.54 Å². The number of nitrogens with two attached hydrogens (primary N) is 1. The molecule has 1 saturated carbocycles. The number of rotatable bonds is 5. The molecule has 6 heteroatoms. The van der Waals surface area contributed by atoms with Crippen LogP contribution in [0.15, 0.2) is 23.1 Å². The number of sulfonamides is 1. The maximum Gasteiger partial charge on any atom is 0.240 e. The van der Waals surface area contributed by atoms with Gasteiger partial charge in [-0.2, -0.15) is 0 Å². The number of anilines is 1. The highest BCUT2D eigenvalue weighted by Crippen LogP contribution is 2.33. The first-order valence-electron chi connectivity index (χ1n) is 7.30. The third-order valence-electron chi connectivity index (χ3n) is 4.56. The summed E-state index contributed by atoms with van der Waals surface area (Å²) >= 11 is 0. The molecule has 21 heavy (non-hydrogen) atoms. The molecule has 0 atom stereocenters. The summed E-state index contributed by atoms with van der Waals surface area (Å²) in [5.74, 6) is 0. The summed E-state index contributed by atoms with van der Waals surface area (Å²) in [6.07, 6.45) is 4.37. The highest BCUT2D eigenvalue weighted by Gasteiger charge is 2.37. The molecule has 0 aliphatic heterocycles. The van der Waals surface area contributed by atoms with Gasteiger partial charge in [-0.25, -0.2) is 13.1 Å². The molecule has 2 rings (SSSR count). The lowest BCUT2D eigenvalue weighted by Crippen LogP contribution is -2.50. The van der Waals surface area contributed by atoms with Crippen LogP contribution in [0.5, 0.6) is 0 Å². The van der Waals surface area contributed by atoms with E-state index in [1.165, 1.54) is 0 Å². The second-order valence-corrected chi connectivity index (χ2v) is 7.91. The van der Waals surface area contributed by atoms with Crippen molar-refractivity contribution < 1.29 is 8.42 Å². The summed E-state index contributed by atoms with van der Waals surface area (Å²) in [6.45, 7) is 2.22. The fourth-order valence-corrected chi connectivity index (χ4v) is 4.44. The van der Waals surface area contributed by atoms with Gasteiger partial charge in [-0.3, -0.25) is 0 Å². The smallest absolute Gasteiger partial charge is 0.240 e. The molecule has 5 nitrogen and oxygen atoms in total. The average Bonchev–Trinajstić information content (AvgIpc) is 2.86. The van der Waals surface area contributed by atoms with E-state index < -0.39 is 10.0 Å². The average molecular weight is 311 g/mol. The maximum atomic E-state index is 12.5. The van der Waals surface area contributed by atoms with Crippen molar-refractivity contribution in [3.8, 4) is 0 Å². The molecular weight excluding hydrogens is 286 g/mol. The highest BCUT2D eigenvalue weighted by atomic mass is 32.2. The first-order chi connectivity index (χ1) is 9.77. The van der Waals surface area contributed by atoms with Crippen LogP contribution >= 0.6 is 0 Å². The normalized spacial score (nSPS) is 18.3. The summed E-state index contributed by atoms with van der Waals surface area (Å²) in [5.41, 5.74) is 6.87. The second-order valence-electron chi connectivity index (χ2n) is 6.18. The van der Waals surface area contributed by atoms with Crippen molar-refractivity contribution in [1.29, 1.82) is 0 Å². The van der Waals surface area contributed by atoms with E-state index in [2.05, 4.69) is 9.62 Å². The number of nitrogens with zero attached hydrogens (tertiary/aromatic N) is 1. The molecule has 1 fully saturated rings. The van der Waals surface area contributed by atoms with E-state index in [1.807, 2.05) is 14.1 Å². The third kappa shape index (κ3) is 3.39. The molecule has 0 radical (unpaired) electrons. The minimum Gasteiger partial charge on any atom is -0.399 e. The molecule has 0 aromatic heterocycles. The molecule has 1 aliphatic rings. The van der Waals surface area contributed by atoms with Crippen LogP contribution in [-0.4, -0.2) is 39.5 Å². The molecule has 0 bridgehead atoms. The van der Waals surface area contributed by atoms with Gasteiger partial charge in [-0.1, -0.05) is 12.8 Å². The van der Waals surface area contributed by atoms with Crippen molar-refractivity contribution in [2.24, 2.45) is 0 Å². The van der Waals surface area contributed by atoms with E-state index in [9.17, 15) is 8.42 Å². The van der Waals surface area contributed by atoms with Crippen LogP contribution in [0.25, 0.3) is 0 Å². The zero-order valence-electron chi connectivity index (χ0n) is 13.0. The van der Waals surface area contributed by atoms with Crippen LogP contribution in [-0.2, 0) is 10.0 Å². The van der Waals surface area contributed by atoms with Gasteiger partial charge in [0.15, 0.2) is 0 Å². The standard InChI is InChI=1S/C15H25N3O2S/c1-12-10-13(16)6-7-14(12)21(19,20)17-11-15(18(2)3)8-4-5-9-15/h6-7,10,17H,4-5,8-9,11,16H2,1-3H3. The molecular formula is C15H25N3O2S. The molecule has 3 N–H and O–H groups in total. The number of likely N-dealkylation sites (N-methyl/N-ethyl adjacent to an activating group) is 1. The Labute approximate surface area is 127 Å². The van der Waals surface area contributed by atoms with Gasteiger partial charge in [0.05, 0.1) is 4.90 Å². The fourth-order valence-electron chi connectivity index (χ4n) is 3.10. The molecule has 0 saturated heterocycles. The first kappa shape index (κ1) is 16.3. The lowest BCUT2D eigenvalue weighted by molar-refractivity contribution is 0.162. The quantitative estimate of drug-likeness (QED) is 0.812. The predicted molar refractivity (Wildman–Crippen MR) is 85.7 cm³/mol. The Hall–Kier alpha value is -1.11. The lowest BCUT2D eigenvalue weighted by Gasteiger charge is -2.36. The van der Waals surface area contributed by atoms with Gasteiger partial charge in [0.25, 0.3) is 0 Å². The van der Waals surface area contributed by atoms with Crippen molar-refractivity contribution in [2.75, 3.05) is 26.4 Å². The van der Waals surface area contributed by atoms with Crippen LogP contribution in [0.4, 0.5) is 5.69 Å². The van der Waals surface area contributed by atoms with Gasteiger partial charge in [0, 0.05) is 17.8 Å². The van der Waals surface area contributed by atoms with E-state index in [0.29, 0.717) is 22.7 Å². The molecule has 1 aliphatic carbocycles. The van der Waals surface area contributed by atoms with Gasteiger partial charge in [-0.05, 0) is 57.6 Å². The van der Waals surface area contributed by atoms with Crippen molar-refractivity contribution in [3.63, 3.8) is 0 Å². The lowest BCUT2D eigenvalue weighted by atomic mass is 9.97. The van der Waals surface area contributed by atoms with Crippen molar-refractivity contribution in [1.82, 2.24) is 9.62 Å². The SMILES string of the molecule is Cc1cc(N)ccc1S(=O)(=O)NCC1(N(C)C)CCCC1. The van der Waals surface area contributed by atoms with Gasteiger partial charge < -0.3 is 10.6 Å². The molecule has 0 unspecified atom stereocenters. The highest BCUT2D eigenvalue weighted by molar-refractivity contribution is 7.89. The monoisotopic (exact) mass is 311 g/mol. The number of nitrogens with one attached hydrogen (secondary N) is 1. The van der Waals surface area contributed by atoms with Crippen molar-refractivity contribution >= 4 is 15.7 Å².